The van der Waals surface area contributed by atoms with Crippen LogP contribution in [-0.2, 0) is 15.0 Å². The summed E-state index contributed by atoms with van der Waals surface area (Å²) >= 11 is 0. The Bertz CT molecular complexity index is 1830. The number of amides is 2. The molecule has 0 atom stereocenters. The smallest absolute Gasteiger partial charge is 0.233 e. The van der Waals surface area contributed by atoms with Crippen LogP contribution in [0.3, 0.4) is 0 Å². The van der Waals surface area contributed by atoms with E-state index in [2.05, 4.69) is 15.5 Å². The van der Waals surface area contributed by atoms with Gasteiger partial charge in [-0.25, -0.2) is 13.9 Å². The molecular weight excluding hydrogens is 573 g/mol. The molecule has 11 rings (SSSR count). The Labute approximate surface area is 259 Å². The van der Waals surface area contributed by atoms with Crippen molar-refractivity contribution in [3.8, 4) is 11.3 Å². The molecule has 7 saturated carbocycles. The number of rotatable bonds is 8. The summed E-state index contributed by atoms with van der Waals surface area (Å²) in [6.45, 7) is 2.06. The van der Waals surface area contributed by atoms with Gasteiger partial charge >= 0.3 is 0 Å². The maximum Gasteiger partial charge on any atom is 0.233 e. The SMILES string of the molecule is CC(=O)Nc1cn2nc(-c3cccc(N(CC45CCC(c6nc(C7CC7)no6)(CC4)CC5)C(=O)C45CC(F)(C4)C5)c3)ccc2n1. The number of hydrogen-bond donors (Lipinski definition) is 1. The Hall–Kier alpha value is -4.15. The minimum absolute atomic E-state index is 0.00220. The molecule has 10 nitrogen and oxygen atoms in total. The van der Waals surface area contributed by atoms with Gasteiger partial charge in [0.2, 0.25) is 17.7 Å². The van der Waals surface area contributed by atoms with Gasteiger partial charge in [-0.2, -0.15) is 10.1 Å². The van der Waals surface area contributed by atoms with Gasteiger partial charge in [-0.3, -0.25) is 9.59 Å². The second-order valence-electron chi connectivity index (χ2n) is 14.7. The predicted molar refractivity (Wildman–Crippen MR) is 163 cm³/mol. The normalized spacial score (nSPS) is 31.3. The predicted octanol–water partition coefficient (Wildman–Crippen LogP) is 6.13. The minimum Gasteiger partial charge on any atom is -0.339 e. The first-order valence-corrected chi connectivity index (χ1v) is 16.2. The van der Waals surface area contributed by atoms with E-state index in [4.69, 9.17) is 14.6 Å². The Kier molecular flexibility index (Phi) is 5.56. The molecule has 7 aliphatic carbocycles. The third kappa shape index (κ3) is 4.33. The minimum atomic E-state index is -1.15. The molecule has 0 spiro atoms. The molecular formula is C34H36FN7O3. The van der Waals surface area contributed by atoms with Crippen molar-refractivity contribution >= 4 is 29.0 Å². The molecule has 0 unspecified atom stereocenters. The highest BCUT2D eigenvalue weighted by molar-refractivity contribution is 6.00. The van der Waals surface area contributed by atoms with Crippen LogP contribution in [0, 0.1) is 10.8 Å². The lowest BCUT2D eigenvalue weighted by Crippen LogP contribution is -2.71. The standard InChI is InChI=1S/C34H36FN7O3/c1-21(43)36-26-16-42-27(37-26)8-7-25(39-42)23-3-2-4-24(15-23)41(30(44)33-17-34(35,18-33)19-33)20-31-9-12-32(13-10-31,14-11-31)29-38-28(40-45-29)22-5-6-22/h2-4,7-8,15-16,22H,5-6,9-14,17-20H2,1H3,(H,36,43). The van der Waals surface area contributed by atoms with Crippen molar-refractivity contribution in [3.63, 3.8) is 0 Å². The quantitative estimate of drug-likeness (QED) is 0.255. The summed E-state index contributed by atoms with van der Waals surface area (Å²) < 4.78 is 22.1. The number of halogens is 1. The monoisotopic (exact) mass is 609 g/mol. The number of imidazole rings is 1. The summed E-state index contributed by atoms with van der Waals surface area (Å²) in [7, 11) is 0. The van der Waals surface area contributed by atoms with E-state index in [1.165, 1.54) is 6.92 Å². The number of hydrogen-bond acceptors (Lipinski definition) is 7. The number of fused-ring (bicyclic) bond motifs is 4. The molecule has 7 aliphatic rings. The van der Waals surface area contributed by atoms with Crippen LogP contribution in [0.5, 0.6) is 0 Å². The van der Waals surface area contributed by atoms with Gasteiger partial charge < -0.3 is 14.7 Å². The third-order valence-corrected chi connectivity index (χ3v) is 11.5. The second kappa shape index (κ2) is 9.20. The number of carbonyl (C=O) groups excluding carboxylic acids is 2. The van der Waals surface area contributed by atoms with Crippen molar-refractivity contribution in [3.05, 3.63) is 54.3 Å². The number of carbonyl (C=O) groups is 2. The zero-order valence-electron chi connectivity index (χ0n) is 25.4. The Morgan fingerprint density at radius 2 is 1.80 bits per heavy atom. The molecule has 3 heterocycles. The van der Waals surface area contributed by atoms with Gasteiger partial charge in [0.1, 0.15) is 5.67 Å². The topological polar surface area (TPSA) is 119 Å². The first kappa shape index (κ1) is 27.2. The summed E-state index contributed by atoms with van der Waals surface area (Å²) in [5.74, 6) is 2.45. The number of aromatic nitrogens is 5. The molecule has 0 saturated heterocycles. The van der Waals surface area contributed by atoms with E-state index in [1.807, 2.05) is 41.3 Å². The zero-order chi connectivity index (χ0) is 30.6. The number of nitrogens with one attached hydrogen (secondary N) is 1. The molecule has 7 fully saturated rings. The fraction of sp³-hybridized carbons (Fsp3) is 0.529. The lowest BCUT2D eigenvalue weighted by atomic mass is 9.41. The van der Waals surface area contributed by atoms with Gasteiger partial charge in [-0.05, 0) is 100 Å². The van der Waals surface area contributed by atoms with Crippen LogP contribution in [0.25, 0.3) is 16.9 Å². The Balaban J connectivity index is 1.00. The Morgan fingerprint density at radius 3 is 2.49 bits per heavy atom. The number of nitrogens with zero attached hydrogens (tertiary/aromatic N) is 6. The highest BCUT2D eigenvalue weighted by Gasteiger charge is 2.73. The molecule has 45 heavy (non-hydrogen) atoms. The average Bonchev–Trinajstić information content (AvgIpc) is 3.59. The van der Waals surface area contributed by atoms with Gasteiger partial charge in [0.25, 0.3) is 0 Å². The van der Waals surface area contributed by atoms with Gasteiger partial charge in [0, 0.05) is 36.1 Å². The van der Waals surface area contributed by atoms with Crippen LogP contribution < -0.4 is 10.2 Å². The van der Waals surface area contributed by atoms with Crippen molar-refractivity contribution in [2.45, 2.75) is 94.6 Å². The first-order valence-electron chi connectivity index (χ1n) is 16.2. The molecule has 0 radical (unpaired) electrons. The van der Waals surface area contributed by atoms with Crippen molar-refractivity contribution in [2.75, 3.05) is 16.8 Å². The van der Waals surface area contributed by atoms with Crippen molar-refractivity contribution in [1.29, 1.82) is 0 Å². The molecule has 1 aromatic carbocycles. The summed E-state index contributed by atoms with van der Waals surface area (Å²) in [6.07, 6.45) is 10.9. The fourth-order valence-corrected chi connectivity index (χ4v) is 8.68. The molecule has 3 aromatic heterocycles. The number of benzene rings is 1. The lowest BCUT2D eigenvalue weighted by molar-refractivity contribution is -0.211. The van der Waals surface area contributed by atoms with E-state index >= 15 is 0 Å². The summed E-state index contributed by atoms with van der Waals surface area (Å²) in [5, 5.41) is 11.8. The summed E-state index contributed by atoms with van der Waals surface area (Å²) in [6, 6.07) is 11.7. The van der Waals surface area contributed by atoms with E-state index in [-0.39, 0.29) is 22.6 Å². The van der Waals surface area contributed by atoms with E-state index in [0.717, 1.165) is 80.0 Å². The van der Waals surface area contributed by atoms with E-state index < -0.39 is 11.1 Å². The molecule has 0 aliphatic heterocycles. The van der Waals surface area contributed by atoms with Crippen LogP contribution in [-0.4, -0.2) is 48.8 Å². The maximum absolute atomic E-state index is 14.7. The number of anilines is 2. The molecule has 4 aromatic rings. The van der Waals surface area contributed by atoms with Crippen LogP contribution in [0.1, 0.15) is 95.2 Å². The molecule has 1 N–H and O–H groups in total. The molecule has 4 bridgehead atoms. The second-order valence-corrected chi connectivity index (χ2v) is 14.7. The van der Waals surface area contributed by atoms with Gasteiger partial charge in [-0.15, -0.1) is 0 Å². The van der Waals surface area contributed by atoms with Crippen molar-refractivity contribution in [2.24, 2.45) is 10.8 Å². The van der Waals surface area contributed by atoms with Crippen LogP contribution in [0.4, 0.5) is 15.9 Å². The zero-order valence-corrected chi connectivity index (χ0v) is 25.4. The number of alkyl halides is 1. The fourth-order valence-electron chi connectivity index (χ4n) is 8.68. The average molecular weight is 610 g/mol. The lowest BCUT2D eigenvalue weighted by Gasteiger charge is -2.65. The van der Waals surface area contributed by atoms with Crippen LogP contribution >= 0.6 is 0 Å². The van der Waals surface area contributed by atoms with Crippen molar-refractivity contribution < 1.29 is 18.5 Å². The third-order valence-electron chi connectivity index (χ3n) is 11.5. The van der Waals surface area contributed by atoms with E-state index in [1.54, 1.807) is 10.7 Å². The largest absolute Gasteiger partial charge is 0.339 e. The summed E-state index contributed by atoms with van der Waals surface area (Å²) in [4.78, 5) is 37.0. The highest BCUT2D eigenvalue weighted by atomic mass is 19.1. The molecule has 232 valence electrons. The first-order chi connectivity index (χ1) is 21.6. The highest BCUT2D eigenvalue weighted by Crippen LogP contribution is 2.70. The van der Waals surface area contributed by atoms with Crippen molar-refractivity contribution in [1.82, 2.24) is 24.7 Å². The van der Waals surface area contributed by atoms with Gasteiger partial charge in [-0.1, -0.05) is 17.3 Å². The van der Waals surface area contributed by atoms with Crippen LogP contribution in [0.15, 0.2) is 47.1 Å². The maximum atomic E-state index is 14.7. The Morgan fingerprint density at radius 1 is 1.04 bits per heavy atom. The van der Waals surface area contributed by atoms with Gasteiger partial charge in [0.15, 0.2) is 17.3 Å². The summed E-state index contributed by atoms with van der Waals surface area (Å²) in [5.41, 5.74) is 1.25. The van der Waals surface area contributed by atoms with E-state index in [9.17, 15) is 14.0 Å². The molecule has 11 heteroatoms. The molecule has 2 amide bonds. The van der Waals surface area contributed by atoms with Crippen LogP contribution in [0.2, 0.25) is 0 Å². The van der Waals surface area contributed by atoms with Gasteiger partial charge in [0.05, 0.1) is 17.3 Å². The van der Waals surface area contributed by atoms with E-state index in [0.29, 0.717) is 43.2 Å².